The van der Waals surface area contributed by atoms with Gasteiger partial charge in [-0.15, -0.1) is 0 Å². The van der Waals surface area contributed by atoms with Crippen LogP contribution in [0.2, 0.25) is 5.02 Å². The van der Waals surface area contributed by atoms with E-state index in [1.165, 1.54) is 12.5 Å². The van der Waals surface area contributed by atoms with E-state index >= 15 is 0 Å². The molecular weight excluding hydrogens is 315 g/mol. The predicted molar refractivity (Wildman–Crippen MR) is 78.9 cm³/mol. The summed E-state index contributed by atoms with van der Waals surface area (Å²) >= 11 is 5.87. The van der Waals surface area contributed by atoms with Gasteiger partial charge in [-0.1, -0.05) is 18.0 Å². The van der Waals surface area contributed by atoms with Crippen LogP contribution in [-0.2, 0) is 16.6 Å². The average molecular weight is 333 g/mol. The maximum Gasteiger partial charge on any atom is 0.243 e. The van der Waals surface area contributed by atoms with Gasteiger partial charge in [0.25, 0.3) is 0 Å². The van der Waals surface area contributed by atoms with Crippen LogP contribution in [0.15, 0.2) is 17.0 Å². The van der Waals surface area contributed by atoms with Crippen molar-refractivity contribution in [3.63, 3.8) is 0 Å². The van der Waals surface area contributed by atoms with Gasteiger partial charge < -0.3 is 5.73 Å². The Bertz CT molecular complexity index is 665. The van der Waals surface area contributed by atoms with E-state index in [1.807, 2.05) is 0 Å². The average Bonchev–Trinajstić information content (AvgIpc) is 3.02. The number of rotatable bonds is 4. The summed E-state index contributed by atoms with van der Waals surface area (Å²) in [6.07, 6.45) is 4.13. The summed E-state index contributed by atoms with van der Waals surface area (Å²) in [6.45, 7) is -0.0942. The first kappa shape index (κ1) is 15.2. The van der Waals surface area contributed by atoms with Gasteiger partial charge in [-0.2, -0.15) is 0 Å². The Morgan fingerprint density at radius 2 is 2.10 bits per heavy atom. The van der Waals surface area contributed by atoms with Gasteiger partial charge in [-0.05, 0) is 43.2 Å². The SMILES string of the molecule is NCc1cc(Cl)cc(S(=O)(=O)NC2CC3CCC2C3)c1F. The molecule has 2 fully saturated rings. The summed E-state index contributed by atoms with van der Waals surface area (Å²) in [5.74, 6) is 0.171. The Labute approximate surface area is 128 Å². The van der Waals surface area contributed by atoms with Gasteiger partial charge in [0.1, 0.15) is 10.7 Å². The molecule has 1 aromatic carbocycles. The number of nitrogens with two attached hydrogens (primary N) is 1. The molecule has 0 heterocycles. The summed E-state index contributed by atoms with van der Waals surface area (Å²) in [5.41, 5.74) is 5.54. The summed E-state index contributed by atoms with van der Waals surface area (Å²) in [4.78, 5) is -0.404. The molecule has 116 valence electrons. The Hall–Kier alpha value is -0.690. The van der Waals surface area contributed by atoms with E-state index in [-0.39, 0.29) is 23.2 Å². The van der Waals surface area contributed by atoms with Crippen molar-refractivity contribution in [2.45, 2.75) is 43.2 Å². The van der Waals surface area contributed by atoms with Crippen LogP contribution in [0, 0.1) is 17.7 Å². The molecule has 3 rings (SSSR count). The molecule has 7 heteroatoms. The van der Waals surface area contributed by atoms with Crippen LogP contribution in [0.5, 0.6) is 0 Å². The highest BCUT2D eigenvalue weighted by Gasteiger charge is 2.41. The van der Waals surface area contributed by atoms with E-state index in [0.717, 1.165) is 25.3 Å². The molecule has 2 aliphatic carbocycles. The number of fused-ring (bicyclic) bond motifs is 2. The smallest absolute Gasteiger partial charge is 0.243 e. The second-order valence-corrected chi connectivity index (χ2v) is 8.10. The van der Waals surface area contributed by atoms with Crippen LogP contribution >= 0.6 is 11.6 Å². The largest absolute Gasteiger partial charge is 0.326 e. The number of halogens is 2. The van der Waals surface area contributed by atoms with Crippen LogP contribution in [0.1, 0.15) is 31.2 Å². The molecule has 4 nitrogen and oxygen atoms in total. The molecule has 2 bridgehead atoms. The fourth-order valence-electron chi connectivity index (χ4n) is 3.61. The van der Waals surface area contributed by atoms with Gasteiger partial charge in [0, 0.05) is 23.2 Å². The quantitative estimate of drug-likeness (QED) is 0.889. The Kier molecular flexibility index (Phi) is 3.98. The third-order valence-corrected chi connectivity index (χ3v) is 6.34. The highest BCUT2D eigenvalue weighted by Crippen LogP contribution is 2.45. The number of sulfonamides is 1. The van der Waals surface area contributed by atoms with Gasteiger partial charge in [0.05, 0.1) is 0 Å². The molecule has 0 saturated heterocycles. The number of benzene rings is 1. The Balaban J connectivity index is 1.90. The number of hydrogen-bond donors (Lipinski definition) is 2. The fourth-order valence-corrected chi connectivity index (χ4v) is 5.38. The molecule has 0 spiro atoms. The van der Waals surface area contributed by atoms with Gasteiger partial charge in [-0.3, -0.25) is 0 Å². The highest BCUT2D eigenvalue weighted by atomic mass is 35.5. The van der Waals surface area contributed by atoms with E-state index in [4.69, 9.17) is 17.3 Å². The maximum absolute atomic E-state index is 14.3. The zero-order chi connectivity index (χ0) is 15.2. The van der Waals surface area contributed by atoms with Crippen molar-refractivity contribution in [1.82, 2.24) is 4.72 Å². The minimum Gasteiger partial charge on any atom is -0.326 e. The van der Waals surface area contributed by atoms with Crippen molar-refractivity contribution in [3.05, 3.63) is 28.5 Å². The van der Waals surface area contributed by atoms with Crippen molar-refractivity contribution in [3.8, 4) is 0 Å². The monoisotopic (exact) mass is 332 g/mol. The maximum atomic E-state index is 14.3. The molecule has 0 amide bonds. The topological polar surface area (TPSA) is 72.2 Å². The second-order valence-electron chi connectivity index (χ2n) is 5.98. The van der Waals surface area contributed by atoms with Crippen LogP contribution in [0.3, 0.4) is 0 Å². The van der Waals surface area contributed by atoms with Crippen LogP contribution in [-0.4, -0.2) is 14.5 Å². The Morgan fingerprint density at radius 1 is 1.33 bits per heavy atom. The predicted octanol–water partition coefficient (Wildman–Crippen LogP) is 2.40. The minimum atomic E-state index is -3.92. The van der Waals surface area contributed by atoms with Gasteiger partial charge >= 0.3 is 0 Å². The highest BCUT2D eigenvalue weighted by molar-refractivity contribution is 7.89. The van der Waals surface area contributed by atoms with Crippen LogP contribution in [0.4, 0.5) is 4.39 Å². The number of nitrogens with one attached hydrogen (secondary N) is 1. The lowest BCUT2D eigenvalue weighted by molar-refractivity contribution is 0.389. The van der Waals surface area contributed by atoms with Crippen molar-refractivity contribution in [1.29, 1.82) is 0 Å². The molecule has 1 aromatic rings. The first-order chi connectivity index (χ1) is 9.90. The van der Waals surface area contributed by atoms with E-state index in [1.54, 1.807) is 0 Å². The van der Waals surface area contributed by atoms with Gasteiger partial charge in [-0.25, -0.2) is 17.5 Å². The Morgan fingerprint density at radius 3 is 2.67 bits per heavy atom. The van der Waals surface area contributed by atoms with Crippen molar-refractivity contribution in [2.24, 2.45) is 17.6 Å². The molecule has 3 atom stereocenters. The molecule has 3 N–H and O–H groups in total. The zero-order valence-electron chi connectivity index (χ0n) is 11.5. The van der Waals surface area contributed by atoms with Crippen LogP contribution in [0.25, 0.3) is 0 Å². The van der Waals surface area contributed by atoms with Crippen molar-refractivity contribution >= 4 is 21.6 Å². The molecule has 0 radical (unpaired) electrons. The third kappa shape index (κ3) is 2.82. The number of hydrogen-bond acceptors (Lipinski definition) is 3. The van der Waals surface area contributed by atoms with E-state index < -0.39 is 20.7 Å². The molecule has 21 heavy (non-hydrogen) atoms. The van der Waals surface area contributed by atoms with Gasteiger partial charge in [0.2, 0.25) is 10.0 Å². The molecule has 3 unspecified atom stereocenters. The lowest BCUT2D eigenvalue weighted by Gasteiger charge is -2.23. The van der Waals surface area contributed by atoms with E-state index in [0.29, 0.717) is 11.8 Å². The summed E-state index contributed by atoms with van der Waals surface area (Å²) in [7, 11) is -3.92. The molecule has 0 aromatic heterocycles. The summed E-state index contributed by atoms with van der Waals surface area (Å²) in [6, 6.07) is 2.41. The summed E-state index contributed by atoms with van der Waals surface area (Å²) < 4.78 is 41.8. The molecule has 2 saturated carbocycles. The third-order valence-electron chi connectivity index (χ3n) is 4.63. The normalized spacial score (nSPS) is 28.2. The second kappa shape index (κ2) is 5.50. The minimum absolute atomic E-state index is 0.0894. The van der Waals surface area contributed by atoms with Crippen LogP contribution < -0.4 is 10.5 Å². The van der Waals surface area contributed by atoms with E-state index in [2.05, 4.69) is 4.72 Å². The first-order valence-corrected chi connectivity index (χ1v) is 8.97. The molecule has 0 aliphatic heterocycles. The molecule has 2 aliphatic rings. The first-order valence-electron chi connectivity index (χ1n) is 7.11. The van der Waals surface area contributed by atoms with Crippen molar-refractivity contribution in [2.75, 3.05) is 0 Å². The lowest BCUT2D eigenvalue weighted by atomic mass is 9.96. The van der Waals surface area contributed by atoms with E-state index in [9.17, 15) is 12.8 Å². The van der Waals surface area contributed by atoms with Gasteiger partial charge in [0.15, 0.2) is 0 Å². The summed E-state index contributed by atoms with van der Waals surface area (Å²) in [5, 5.41) is 0.171. The zero-order valence-corrected chi connectivity index (χ0v) is 13.1. The fraction of sp³-hybridized carbons (Fsp3) is 0.571. The molecular formula is C14H18ClFN2O2S. The standard InChI is InChI=1S/C14H18ClFN2O2S/c15-11-5-10(7-17)14(16)13(6-11)21(19,20)18-12-4-8-1-2-9(12)3-8/h5-6,8-9,12,18H,1-4,7,17H2. The van der Waals surface area contributed by atoms with Crippen molar-refractivity contribution < 1.29 is 12.8 Å². The lowest BCUT2D eigenvalue weighted by Crippen LogP contribution is -2.38.